The van der Waals surface area contributed by atoms with Crippen LogP contribution in [0.4, 0.5) is 0 Å². The topological polar surface area (TPSA) is 51.2 Å². The molecule has 6 nitrogen and oxygen atoms in total. The Morgan fingerprint density at radius 3 is 2.03 bits per heavy atom. The van der Waals surface area contributed by atoms with E-state index in [2.05, 4.69) is 4.90 Å². The molecule has 2 aliphatic rings. The van der Waals surface area contributed by atoms with Crippen molar-refractivity contribution in [2.75, 3.05) is 46.0 Å². The second-order valence-corrected chi connectivity index (χ2v) is 8.10. The molecule has 0 bridgehead atoms. The molecule has 1 amide bonds. The van der Waals surface area contributed by atoms with Gasteiger partial charge in [-0.2, -0.15) is 0 Å². The van der Waals surface area contributed by atoms with Gasteiger partial charge in [-0.05, 0) is 71.7 Å². The first kappa shape index (κ1) is 22.7. The fourth-order valence-electron chi connectivity index (χ4n) is 4.59. The number of carbonyl (C=O) groups excluding carboxylic acids is 1. The Morgan fingerprint density at radius 1 is 0.867 bits per heavy atom. The molecule has 0 radical (unpaired) electrons. The van der Waals surface area contributed by atoms with Crippen LogP contribution in [-0.2, 0) is 0 Å². The normalized spacial score (nSPS) is 20.5. The third kappa shape index (κ3) is 5.60. The van der Waals surface area contributed by atoms with Gasteiger partial charge in [-0.3, -0.25) is 9.69 Å². The second kappa shape index (κ2) is 11.4. The zero-order valence-corrected chi connectivity index (χ0v) is 19.0. The minimum absolute atomic E-state index is 0.0551. The van der Waals surface area contributed by atoms with Gasteiger partial charge in [-0.25, -0.2) is 0 Å². The van der Waals surface area contributed by atoms with Gasteiger partial charge in [0.05, 0.1) is 19.8 Å². The van der Waals surface area contributed by atoms with Crippen LogP contribution < -0.4 is 14.2 Å². The van der Waals surface area contributed by atoms with Crippen LogP contribution in [0.2, 0.25) is 0 Å². The van der Waals surface area contributed by atoms with Crippen LogP contribution >= 0.6 is 0 Å². The number of carbonyl (C=O) groups is 1. The van der Waals surface area contributed by atoms with Crippen LogP contribution in [0.3, 0.4) is 0 Å². The van der Waals surface area contributed by atoms with Gasteiger partial charge in [-0.15, -0.1) is 0 Å². The first-order valence-corrected chi connectivity index (χ1v) is 11.8. The Balaban J connectivity index is 1.80. The third-order valence-electron chi connectivity index (χ3n) is 6.00. The highest BCUT2D eigenvalue weighted by Gasteiger charge is 2.30. The van der Waals surface area contributed by atoms with E-state index >= 15 is 0 Å². The number of hydrogen-bond acceptors (Lipinski definition) is 5. The van der Waals surface area contributed by atoms with Crippen molar-refractivity contribution < 1.29 is 19.0 Å². The van der Waals surface area contributed by atoms with Crippen molar-refractivity contribution in [1.29, 1.82) is 0 Å². The first-order chi connectivity index (χ1) is 14.7. The molecule has 1 atom stereocenters. The molecular formula is C24H38N2O4. The summed E-state index contributed by atoms with van der Waals surface area (Å²) in [6.07, 6.45) is 7.45. The summed E-state index contributed by atoms with van der Waals surface area (Å²) in [5.74, 6) is 1.79. The molecule has 0 saturated carbocycles. The Kier molecular flexibility index (Phi) is 8.67. The summed E-state index contributed by atoms with van der Waals surface area (Å²) in [6, 6.07) is 4.10. The lowest BCUT2D eigenvalue weighted by Crippen LogP contribution is -2.50. The second-order valence-electron chi connectivity index (χ2n) is 8.10. The average Bonchev–Trinajstić information content (AvgIpc) is 3.05. The van der Waals surface area contributed by atoms with Crippen molar-refractivity contribution in [3.8, 4) is 17.2 Å². The quantitative estimate of drug-likeness (QED) is 0.628. The van der Waals surface area contributed by atoms with E-state index < -0.39 is 0 Å². The summed E-state index contributed by atoms with van der Waals surface area (Å²) in [5.41, 5.74) is 0.613. The smallest absolute Gasteiger partial charge is 0.254 e. The van der Waals surface area contributed by atoms with Crippen molar-refractivity contribution in [3.63, 3.8) is 0 Å². The molecule has 168 valence electrons. The minimum Gasteiger partial charge on any atom is -0.490 e. The van der Waals surface area contributed by atoms with Crippen molar-refractivity contribution in [2.45, 2.75) is 65.3 Å². The number of benzene rings is 1. The van der Waals surface area contributed by atoms with Crippen molar-refractivity contribution in [2.24, 2.45) is 0 Å². The summed E-state index contributed by atoms with van der Waals surface area (Å²) in [7, 11) is 0. The molecule has 2 heterocycles. The van der Waals surface area contributed by atoms with Crippen LogP contribution in [0.1, 0.15) is 69.7 Å². The van der Waals surface area contributed by atoms with Gasteiger partial charge in [0.1, 0.15) is 0 Å². The summed E-state index contributed by atoms with van der Waals surface area (Å²) in [6.45, 7) is 11.3. The van der Waals surface area contributed by atoms with E-state index in [1.54, 1.807) is 0 Å². The highest BCUT2D eigenvalue weighted by molar-refractivity contribution is 5.95. The molecule has 2 fully saturated rings. The number of amides is 1. The number of hydrogen-bond donors (Lipinski definition) is 0. The highest BCUT2D eigenvalue weighted by Crippen LogP contribution is 2.39. The molecular weight excluding hydrogens is 380 g/mol. The summed E-state index contributed by atoms with van der Waals surface area (Å²) < 4.78 is 17.4. The zero-order chi connectivity index (χ0) is 21.3. The third-order valence-corrected chi connectivity index (χ3v) is 6.00. The number of likely N-dealkylation sites (tertiary alicyclic amines) is 2. The fourth-order valence-corrected chi connectivity index (χ4v) is 4.59. The predicted octanol–water partition coefficient (Wildman–Crippen LogP) is 4.36. The Morgan fingerprint density at radius 2 is 1.47 bits per heavy atom. The van der Waals surface area contributed by atoms with Gasteiger partial charge < -0.3 is 19.1 Å². The molecule has 0 aliphatic carbocycles. The Bertz CT molecular complexity index is 659. The molecule has 1 aromatic carbocycles. The number of ether oxygens (including phenoxy) is 3. The van der Waals surface area contributed by atoms with Crippen molar-refractivity contribution in [1.82, 2.24) is 9.80 Å². The molecule has 1 unspecified atom stereocenters. The van der Waals surface area contributed by atoms with E-state index in [1.165, 1.54) is 45.2 Å². The van der Waals surface area contributed by atoms with E-state index in [4.69, 9.17) is 14.2 Å². The molecule has 2 aliphatic heterocycles. The molecule has 3 rings (SSSR count). The van der Waals surface area contributed by atoms with Crippen molar-refractivity contribution >= 4 is 5.91 Å². The Labute approximate surface area is 181 Å². The van der Waals surface area contributed by atoms with Gasteiger partial charge in [0.2, 0.25) is 5.75 Å². The lowest BCUT2D eigenvalue weighted by molar-refractivity contribution is 0.0578. The molecule has 0 N–H and O–H groups in total. The van der Waals surface area contributed by atoms with Crippen LogP contribution in [0.25, 0.3) is 0 Å². The highest BCUT2D eigenvalue weighted by atomic mass is 16.5. The Hall–Kier alpha value is -1.95. The number of rotatable bonds is 8. The zero-order valence-electron chi connectivity index (χ0n) is 19.0. The van der Waals surface area contributed by atoms with E-state index in [0.717, 1.165) is 19.5 Å². The minimum atomic E-state index is 0.0551. The molecule has 0 spiro atoms. The van der Waals surface area contributed by atoms with Crippen LogP contribution in [0, 0.1) is 0 Å². The fraction of sp³-hybridized carbons (Fsp3) is 0.708. The van der Waals surface area contributed by atoms with Crippen molar-refractivity contribution in [3.05, 3.63) is 17.7 Å². The standard InChI is InChI=1S/C24H38N2O4/c1-4-28-21-16-19(17-22(29-5-2)23(21)30-6-3)24(27)26-15-11-12-20(18-26)25-13-9-7-8-10-14-25/h16-17,20H,4-15,18H2,1-3H3. The lowest BCUT2D eigenvalue weighted by atomic mass is 10.0. The molecule has 6 heteroatoms. The molecule has 0 aromatic heterocycles. The van der Waals surface area contributed by atoms with E-state index in [1.807, 2.05) is 37.8 Å². The van der Waals surface area contributed by atoms with Gasteiger partial charge in [0.25, 0.3) is 5.91 Å². The average molecular weight is 419 g/mol. The summed E-state index contributed by atoms with van der Waals surface area (Å²) in [5, 5.41) is 0. The largest absolute Gasteiger partial charge is 0.490 e. The molecule has 30 heavy (non-hydrogen) atoms. The summed E-state index contributed by atoms with van der Waals surface area (Å²) >= 11 is 0. The van der Waals surface area contributed by atoms with E-state index in [0.29, 0.717) is 48.7 Å². The predicted molar refractivity (Wildman–Crippen MR) is 119 cm³/mol. The van der Waals surface area contributed by atoms with Gasteiger partial charge in [-0.1, -0.05) is 12.8 Å². The number of piperidine rings is 1. The maximum atomic E-state index is 13.4. The molecule has 1 aromatic rings. The molecule has 2 saturated heterocycles. The van der Waals surface area contributed by atoms with Crippen LogP contribution in [0.15, 0.2) is 12.1 Å². The monoisotopic (exact) mass is 418 g/mol. The lowest BCUT2D eigenvalue weighted by Gasteiger charge is -2.39. The maximum absolute atomic E-state index is 13.4. The maximum Gasteiger partial charge on any atom is 0.254 e. The van der Waals surface area contributed by atoms with Crippen LogP contribution in [-0.4, -0.2) is 67.7 Å². The summed E-state index contributed by atoms with van der Waals surface area (Å²) in [4.78, 5) is 18.1. The number of nitrogens with zero attached hydrogens (tertiary/aromatic N) is 2. The van der Waals surface area contributed by atoms with Gasteiger partial charge >= 0.3 is 0 Å². The van der Waals surface area contributed by atoms with Gasteiger partial charge in [0, 0.05) is 24.7 Å². The first-order valence-electron chi connectivity index (χ1n) is 11.8. The van der Waals surface area contributed by atoms with Gasteiger partial charge in [0.15, 0.2) is 11.5 Å². The van der Waals surface area contributed by atoms with E-state index in [-0.39, 0.29) is 5.91 Å². The SMILES string of the molecule is CCOc1cc(C(=O)N2CCCC(N3CCCCCC3)C2)cc(OCC)c1OCC. The van der Waals surface area contributed by atoms with Crippen LogP contribution in [0.5, 0.6) is 17.2 Å². The van der Waals surface area contributed by atoms with E-state index in [9.17, 15) is 4.79 Å².